The summed E-state index contributed by atoms with van der Waals surface area (Å²) in [4.78, 5) is 39.4. The summed E-state index contributed by atoms with van der Waals surface area (Å²) >= 11 is 0. The van der Waals surface area contributed by atoms with Crippen molar-refractivity contribution in [3.05, 3.63) is 11.6 Å². The van der Waals surface area contributed by atoms with E-state index in [1.807, 2.05) is 13.0 Å². The minimum atomic E-state index is -1.32. The normalized spacial score (nSPS) is 48.4. The van der Waals surface area contributed by atoms with Crippen molar-refractivity contribution in [3.8, 4) is 0 Å². The van der Waals surface area contributed by atoms with E-state index in [1.165, 1.54) is 5.57 Å². The highest BCUT2D eigenvalue weighted by Crippen LogP contribution is 2.75. The Kier molecular flexibility index (Phi) is 6.79. The fraction of sp³-hybridized carbons (Fsp3) is 0.848. The van der Waals surface area contributed by atoms with E-state index in [0.29, 0.717) is 12.8 Å². The van der Waals surface area contributed by atoms with Crippen molar-refractivity contribution in [2.75, 3.05) is 6.61 Å². The molecule has 7 nitrogen and oxygen atoms in total. The highest BCUT2D eigenvalue weighted by molar-refractivity contribution is 5.96. The molecule has 10 atom stereocenters. The Morgan fingerprint density at radius 2 is 1.62 bits per heavy atom. The van der Waals surface area contributed by atoms with Crippen molar-refractivity contribution < 1.29 is 29.7 Å². The van der Waals surface area contributed by atoms with Crippen LogP contribution in [0.3, 0.4) is 0 Å². The van der Waals surface area contributed by atoms with Gasteiger partial charge in [-0.2, -0.15) is 0 Å². The molecule has 0 aromatic heterocycles. The van der Waals surface area contributed by atoms with Crippen LogP contribution in [0.25, 0.3) is 0 Å². The molecule has 0 spiro atoms. The number of amides is 1. The number of aliphatic hydroxyl groups is 2. The molecular formula is C33H51NO6. The number of carboxylic acids is 1. The van der Waals surface area contributed by atoms with Crippen molar-refractivity contribution >= 4 is 17.7 Å². The van der Waals surface area contributed by atoms with Gasteiger partial charge in [0.15, 0.2) is 5.78 Å². The second kappa shape index (κ2) is 9.13. The van der Waals surface area contributed by atoms with Gasteiger partial charge in [0.05, 0.1) is 12.7 Å². The van der Waals surface area contributed by atoms with E-state index in [9.17, 15) is 29.7 Å². The molecule has 1 amide bonds. The van der Waals surface area contributed by atoms with Crippen LogP contribution in [0, 0.1) is 50.2 Å². The lowest BCUT2D eigenvalue weighted by atomic mass is 9.33. The van der Waals surface area contributed by atoms with Gasteiger partial charge in [-0.05, 0) is 103 Å². The van der Waals surface area contributed by atoms with Crippen LogP contribution in [-0.4, -0.2) is 51.7 Å². The van der Waals surface area contributed by atoms with Gasteiger partial charge in [-0.1, -0.05) is 54.0 Å². The highest BCUT2D eigenvalue weighted by Gasteiger charge is 2.70. The predicted molar refractivity (Wildman–Crippen MR) is 152 cm³/mol. The van der Waals surface area contributed by atoms with Gasteiger partial charge in [-0.15, -0.1) is 0 Å². The van der Waals surface area contributed by atoms with Crippen LogP contribution in [0.1, 0.15) is 106 Å². The van der Waals surface area contributed by atoms with E-state index in [1.54, 1.807) is 0 Å². The van der Waals surface area contributed by atoms with Crippen molar-refractivity contribution in [1.29, 1.82) is 0 Å². The number of rotatable bonds is 4. The van der Waals surface area contributed by atoms with Crippen LogP contribution in [0.4, 0.5) is 0 Å². The second-order valence-corrected chi connectivity index (χ2v) is 16.2. The molecule has 0 heterocycles. The smallest absolute Gasteiger partial charge is 0.328 e. The first-order valence-electron chi connectivity index (χ1n) is 15.5. The van der Waals surface area contributed by atoms with Gasteiger partial charge in [0.2, 0.25) is 5.91 Å². The number of hydrogen-bond acceptors (Lipinski definition) is 5. The summed E-state index contributed by atoms with van der Waals surface area (Å²) in [6.45, 7) is 15.0. The minimum Gasteiger partial charge on any atom is -0.480 e. The Hall–Kier alpha value is -1.73. The zero-order valence-electron chi connectivity index (χ0n) is 25.6. The number of aliphatic hydroxyl groups excluding tert-OH is 2. The average molecular weight is 558 g/mol. The van der Waals surface area contributed by atoms with Gasteiger partial charge in [0.1, 0.15) is 6.04 Å². The van der Waals surface area contributed by atoms with E-state index < -0.39 is 24.0 Å². The summed E-state index contributed by atoms with van der Waals surface area (Å²) in [5.41, 5.74) is -0.372. The van der Waals surface area contributed by atoms with E-state index in [-0.39, 0.29) is 62.6 Å². The van der Waals surface area contributed by atoms with E-state index >= 15 is 0 Å². The number of carbonyl (C=O) groups is 3. The number of carboxylic acid groups (broad SMARTS) is 1. The third kappa shape index (κ3) is 3.85. The summed E-state index contributed by atoms with van der Waals surface area (Å²) < 4.78 is 0. The van der Waals surface area contributed by atoms with Crippen LogP contribution in [-0.2, 0) is 14.4 Å². The Labute approximate surface area is 239 Å². The quantitative estimate of drug-likeness (QED) is 0.390. The number of carbonyl (C=O) groups excluding carboxylic acids is 2. The van der Waals surface area contributed by atoms with Gasteiger partial charge >= 0.3 is 5.97 Å². The fourth-order valence-electron chi connectivity index (χ4n) is 10.9. The Morgan fingerprint density at radius 3 is 2.25 bits per heavy atom. The van der Waals surface area contributed by atoms with E-state index in [4.69, 9.17) is 0 Å². The van der Waals surface area contributed by atoms with E-state index in [2.05, 4.69) is 46.9 Å². The molecule has 0 radical (unpaired) electrons. The zero-order valence-corrected chi connectivity index (χ0v) is 25.6. The number of aliphatic carboxylic acids is 1. The van der Waals surface area contributed by atoms with Crippen LogP contribution in [0.2, 0.25) is 0 Å². The molecule has 5 aliphatic rings. The van der Waals surface area contributed by atoms with Gasteiger partial charge in [0, 0.05) is 11.3 Å². The maximum Gasteiger partial charge on any atom is 0.328 e. The summed E-state index contributed by atoms with van der Waals surface area (Å²) in [5, 5.41) is 32.4. The maximum atomic E-state index is 14.4. The monoisotopic (exact) mass is 557 g/mol. The summed E-state index contributed by atoms with van der Waals surface area (Å²) in [5.74, 6) is -1.10. The number of nitrogens with one attached hydrogen (secondary N) is 1. The standard InChI is InChI=1S/C33H51NO6/c1-28(2)23-8-11-33(7)25(31(23,5)10-9-24(28)37)22(36)16-19-20-17-30(4,27(40)34-21(18-35)26(38)39)13-12-29(20,3)14-15-32(19,33)6/h16,20-21,23-25,35,37H,8-15,17-18H2,1-7H3,(H,34,40)(H,38,39)/t20-,21-,23-,24-,25+,29+,30-,31-,32+,33+/m0/s1. The van der Waals surface area contributed by atoms with Crippen LogP contribution >= 0.6 is 0 Å². The molecule has 5 rings (SSSR count). The molecular weight excluding hydrogens is 506 g/mol. The number of fused-ring (bicyclic) bond motifs is 7. The van der Waals surface area contributed by atoms with Crippen LogP contribution in [0.15, 0.2) is 11.6 Å². The molecule has 5 aliphatic carbocycles. The second-order valence-electron chi connectivity index (χ2n) is 16.2. The molecule has 224 valence electrons. The molecule has 4 saturated carbocycles. The molecule has 0 saturated heterocycles. The highest BCUT2D eigenvalue weighted by atomic mass is 16.4. The van der Waals surface area contributed by atoms with E-state index in [0.717, 1.165) is 44.9 Å². The lowest BCUT2D eigenvalue weighted by Gasteiger charge is -2.70. The molecule has 40 heavy (non-hydrogen) atoms. The molecule has 0 aromatic rings. The Morgan fingerprint density at radius 1 is 0.975 bits per heavy atom. The van der Waals surface area contributed by atoms with Gasteiger partial charge in [-0.3, -0.25) is 9.59 Å². The maximum absolute atomic E-state index is 14.4. The molecule has 7 heteroatoms. The summed E-state index contributed by atoms with van der Waals surface area (Å²) in [7, 11) is 0. The first kappa shape index (κ1) is 29.8. The number of ketones is 1. The molecule has 4 fully saturated rings. The van der Waals surface area contributed by atoms with Crippen LogP contribution < -0.4 is 5.32 Å². The lowest BCUT2D eigenvalue weighted by Crippen LogP contribution is -2.66. The Balaban J connectivity index is 1.53. The van der Waals surface area contributed by atoms with Crippen molar-refractivity contribution in [3.63, 3.8) is 0 Å². The molecule has 0 aliphatic heterocycles. The van der Waals surface area contributed by atoms with Gasteiger partial charge < -0.3 is 20.6 Å². The largest absolute Gasteiger partial charge is 0.480 e. The molecule has 0 bridgehead atoms. The van der Waals surface area contributed by atoms with Crippen molar-refractivity contribution in [1.82, 2.24) is 5.32 Å². The van der Waals surface area contributed by atoms with Crippen LogP contribution in [0.5, 0.6) is 0 Å². The number of allylic oxidation sites excluding steroid dienone is 2. The predicted octanol–water partition coefficient (Wildman–Crippen LogP) is 4.89. The molecule has 0 aromatic carbocycles. The average Bonchev–Trinajstić information content (AvgIpc) is 2.87. The minimum absolute atomic E-state index is 0.0180. The fourth-order valence-corrected chi connectivity index (χ4v) is 10.9. The third-order valence-electron chi connectivity index (χ3n) is 13.9. The SMILES string of the molecule is CC1(C)[C@@H](O)CC[C@]2(C)[C@H]3C(=O)C=C4[C@@H]5C[C@@](C)(C(=O)N[C@@H](CO)C(=O)O)CC[C@]5(C)CC[C@@]4(C)[C@]3(C)CC[C@@H]12. The summed E-state index contributed by atoms with van der Waals surface area (Å²) in [6.07, 6.45) is 9.31. The van der Waals surface area contributed by atoms with Gasteiger partial charge in [-0.25, -0.2) is 4.79 Å². The zero-order chi connectivity index (χ0) is 29.7. The van der Waals surface area contributed by atoms with Gasteiger partial charge in [0.25, 0.3) is 0 Å². The van der Waals surface area contributed by atoms with Crippen molar-refractivity contribution in [2.45, 2.75) is 118 Å². The molecule has 0 unspecified atom stereocenters. The molecule has 4 N–H and O–H groups in total. The number of hydrogen-bond donors (Lipinski definition) is 4. The Bertz CT molecular complexity index is 1150. The third-order valence-corrected chi connectivity index (χ3v) is 13.9. The lowest BCUT2D eigenvalue weighted by molar-refractivity contribution is -0.202. The van der Waals surface area contributed by atoms with Crippen molar-refractivity contribution in [2.24, 2.45) is 50.2 Å². The first-order valence-corrected chi connectivity index (χ1v) is 15.5. The summed E-state index contributed by atoms with van der Waals surface area (Å²) in [6, 6.07) is -1.32. The topological polar surface area (TPSA) is 124 Å². The first-order chi connectivity index (χ1) is 18.4.